The average molecular weight is 216 g/mol. The molecule has 0 aromatic heterocycles. The molecule has 4 heteroatoms. The minimum absolute atomic E-state index is 0.0427. The van der Waals surface area contributed by atoms with Crippen molar-refractivity contribution in [2.24, 2.45) is 0 Å². The number of hydrogen-bond donors (Lipinski definition) is 2. The van der Waals surface area contributed by atoms with Gasteiger partial charge in [0.1, 0.15) is 5.60 Å². The zero-order valence-electron chi connectivity index (χ0n) is 10.1. The summed E-state index contributed by atoms with van der Waals surface area (Å²) in [6.07, 6.45) is 1.81. The van der Waals surface area contributed by atoms with Gasteiger partial charge in [-0.25, -0.2) is 0 Å². The van der Waals surface area contributed by atoms with E-state index in [2.05, 4.69) is 24.3 Å². The van der Waals surface area contributed by atoms with Crippen LogP contribution in [0.3, 0.4) is 0 Å². The quantitative estimate of drug-likeness (QED) is 0.617. The summed E-state index contributed by atoms with van der Waals surface area (Å²) in [6, 6.07) is 0. The highest BCUT2D eigenvalue weighted by atomic mass is 16.5. The van der Waals surface area contributed by atoms with Crippen molar-refractivity contribution in [1.82, 2.24) is 10.2 Å². The molecule has 15 heavy (non-hydrogen) atoms. The van der Waals surface area contributed by atoms with Crippen molar-refractivity contribution < 1.29 is 9.84 Å². The van der Waals surface area contributed by atoms with E-state index in [1.807, 2.05) is 6.92 Å². The fourth-order valence-electron chi connectivity index (χ4n) is 1.83. The summed E-state index contributed by atoms with van der Waals surface area (Å²) in [4.78, 5) is 2.16. The molecule has 0 aromatic carbocycles. The normalized spacial score (nSPS) is 31.4. The fraction of sp³-hybridized carbons (Fsp3) is 1.00. The highest BCUT2D eigenvalue weighted by Crippen LogP contribution is 2.24. The third kappa shape index (κ3) is 4.07. The molecule has 90 valence electrons. The van der Waals surface area contributed by atoms with Gasteiger partial charge in [0.05, 0.1) is 6.10 Å². The van der Waals surface area contributed by atoms with Crippen LogP contribution < -0.4 is 5.32 Å². The van der Waals surface area contributed by atoms with Gasteiger partial charge in [-0.3, -0.25) is 0 Å². The summed E-state index contributed by atoms with van der Waals surface area (Å²) in [5.41, 5.74) is -0.655. The largest absolute Gasteiger partial charge is 0.386 e. The van der Waals surface area contributed by atoms with Crippen LogP contribution in [0.1, 0.15) is 19.8 Å². The molecule has 2 unspecified atom stereocenters. The Morgan fingerprint density at radius 3 is 2.80 bits per heavy atom. The molecular weight excluding hydrogens is 192 g/mol. The summed E-state index contributed by atoms with van der Waals surface area (Å²) in [5.74, 6) is 0. The Balaban J connectivity index is 2.09. The van der Waals surface area contributed by atoms with E-state index >= 15 is 0 Å². The molecule has 0 aliphatic carbocycles. The molecule has 1 saturated heterocycles. The van der Waals surface area contributed by atoms with Crippen molar-refractivity contribution in [3.63, 3.8) is 0 Å². The van der Waals surface area contributed by atoms with Crippen LogP contribution in [0, 0.1) is 0 Å². The number of nitrogens with one attached hydrogen (secondary N) is 1. The lowest BCUT2D eigenvalue weighted by molar-refractivity contribution is -0.0260. The van der Waals surface area contributed by atoms with E-state index in [4.69, 9.17) is 4.74 Å². The number of rotatable bonds is 6. The third-order valence-electron chi connectivity index (χ3n) is 3.05. The van der Waals surface area contributed by atoms with Gasteiger partial charge in [0.25, 0.3) is 0 Å². The number of aliphatic hydroxyl groups is 1. The maximum atomic E-state index is 10.2. The van der Waals surface area contributed by atoms with Gasteiger partial charge in [-0.2, -0.15) is 0 Å². The van der Waals surface area contributed by atoms with Crippen LogP contribution >= 0.6 is 0 Å². The first-order valence-electron chi connectivity index (χ1n) is 5.74. The number of hydrogen-bond acceptors (Lipinski definition) is 4. The van der Waals surface area contributed by atoms with Crippen molar-refractivity contribution in [3.05, 3.63) is 0 Å². The topological polar surface area (TPSA) is 44.7 Å². The lowest BCUT2D eigenvalue weighted by atomic mass is 9.97. The van der Waals surface area contributed by atoms with E-state index in [1.54, 1.807) is 0 Å². The average Bonchev–Trinajstić information content (AvgIpc) is 2.46. The Bertz CT molecular complexity index is 187. The Kier molecular flexibility index (Phi) is 4.99. The summed E-state index contributed by atoms with van der Waals surface area (Å²) in [7, 11) is 4.14. The van der Waals surface area contributed by atoms with Crippen molar-refractivity contribution in [2.45, 2.75) is 31.5 Å². The second kappa shape index (κ2) is 5.80. The summed E-state index contributed by atoms with van der Waals surface area (Å²) >= 11 is 0. The van der Waals surface area contributed by atoms with Crippen molar-refractivity contribution >= 4 is 0 Å². The van der Waals surface area contributed by atoms with E-state index in [0.717, 1.165) is 25.9 Å². The molecule has 1 rings (SSSR count). The molecule has 0 radical (unpaired) electrons. The fourth-order valence-corrected chi connectivity index (χ4v) is 1.83. The minimum atomic E-state index is -0.655. The predicted octanol–water partition coefficient (Wildman–Crippen LogP) is 0.0676. The molecule has 0 spiro atoms. The molecule has 1 aliphatic rings. The smallest absolute Gasteiger partial charge is 0.105 e. The third-order valence-corrected chi connectivity index (χ3v) is 3.05. The number of nitrogens with zero attached hydrogens (tertiary/aromatic N) is 1. The Morgan fingerprint density at radius 1 is 1.53 bits per heavy atom. The molecule has 0 aromatic rings. The van der Waals surface area contributed by atoms with Crippen molar-refractivity contribution in [3.8, 4) is 0 Å². The van der Waals surface area contributed by atoms with Gasteiger partial charge in [0.2, 0.25) is 0 Å². The Labute approximate surface area is 92.6 Å². The maximum absolute atomic E-state index is 10.2. The monoisotopic (exact) mass is 216 g/mol. The van der Waals surface area contributed by atoms with Crippen LogP contribution in [-0.2, 0) is 4.74 Å². The molecule has 1 aliphatic heterocycles. The van der Waals surface area contributed by atoms with E-state index in [1.165, 1.54) is 0 Å². The number of ether oxygens (including phenoxy) is 1. The highest BCUT2D eigenvalue weighted by molar-refractivity contribution is 4.91. The van der Waals surface area contributed by atoms with E-state index in [9.17, 15) is 5.11 Å². The Morgan fingerprint density at radius 2 is 2.27 bits per heavy atom. The summed E-state index contributed by atoms with van der Waals surface area (Å²) in [6.45, 7) is 5.29. The Hall–Kier alpha value is -0.160. The zero-order chi connectivity index (χ0) is 11.3. The molecule has 2 N–H and O–H groups in total. The first-order valence-corrected chi connectivity index (χ1v) is 5.74. The molecule has 4 nitrogen and oxygen atoms in total. The SMILES string of the molecule is CC1OCCC1(O)CNCCCN(C)C. The predicted molar refractivity (Wildman–Crippen MR) is 61.0 cm³/mol. The molecular formula is C11H24N2O2. The van der Waals surface area contributed by atoms with Gasteiger partial charge in [-0.15, -0.1) is 0 Å². The standard InChI is InChI=1S/C11H24N2O2/c1-10-11(14,5-8-15-10)9-12-6-4-7-13(2)3/h10,12,14H,4-9H2,1-3H3. The first kappa shape index (κ1) is 12.9. The molecule has 1 heterocycles. The molecule has 1 fully saturated rings. The van der Waals surface area contributed by atoms with E-state index in [0.29, 0.717) is 13.2 Å². The molecule has 2 atom stereocenters. The van der Waals surface area contributed by atoms with Gasteiger partial charge < -0.3 is 20.1 Å². The van der Waals surface area contributed by atoms with Crippen LogP contribution in [0.4, 0.5) is 0 Å². The second-order valence-electron chi connectivity index (χ2n) is 4.70. The van der Waals surface area contributed by atoms with Crippen LogP contribution in [0.2, 0.25) is 0 Å². The van der Waals surface area contributed by atoms with E-state index < -0.39 is 5.60 Å². The summed E-state index contributed by atoms with van der Waals surface area (Å²) < 4.78 is 5.37. The maximum Gasteiger partial charge on any atom is 0.105 e. The zero-order valence-corrected chi connectivity index (χ0v) is 10.1. The first-order chi connectivity index (χ1) is 7.04. The van der Waals surface area contributed by atoms with Crippen LogP contribution in [0.25, 0.3) is 0 Å². The molecule has 0 amide bonds. The lowest BCUT2D eigenvalue weighted by Gasteiger charge is -2.26. The van der Waals surface area contributed by atoms with Gasteiger partial charge in [-0.05, 0) is 40.5 Å². The van der Waals surface area contributed by atoms with Gasteiger partial charge in [0, 0.05) is 19.6 Å². The van der Waals surface area contributed by atoms with Gasteiger partial charge in [0.15, 0.2) is 0 Å². The minimum Gasteiger partial charge on any atom is -0.386 e. The molecule has 0 saturated carbocycles. The van der Waals surface area contributed by atoms with Crippen LogP contribution in [0.15, 0.2) is 0 Å². The second-order valence-corrected chi connectivity index (χ2v) is 4.70. The van der Waals surface area contributed by atoms with Crippen LogP contribution in [-0.4, -0.2) is 62.0 Å². The van der Waals surface area contributed by atoms with Crippen LogP contribution in [0.5, 0.6) is 0 Å². The van der Waals surface area contributed by atoms with E-state index in [-0.39, 0.29) is 6.10 Å². The highest BCUT2D eigenvalue weighted by Gasteiger charge is 2.38. The lowest BCUT2D eigenvalue weighted by Crippen LogP contribution is -2.46. The summed E-state index contributed by atoms with van der Waals surface area (Å²) in [5, 5.41) is 13.5. The van der Waals surface area contributed by atoms with Gasteiger partial charge in [-0.1, -0.05) is 0 Å². The van der Waals surface area contributed by atoms with Crippen molar-refractivity contribution in [2.75, 3.05) is 40.3 Å². The van der Waals surface area contributed by atoms with Crippen molar-refractivity contribution in [1.29, 1.82) is 0 Å². The molecule has 0 bridgehead atoms. The van der Waals surface area contributed by atoms with Gasteiger partial charge >= 0.3 is 0 Å².